The second-order valence-electron chi connectivity index (χ2n) is 6.37. The summed E-state index contributed by atoms with van der Waals surface area (Å²) in [5, 5.41) is 4.10. The Bertz CT molecular complexity index is 590. The molecule has 0 saturated carbocycles. The van der Waals surface area contributed by atoms with E-state index in [1.54, 1.807) is 17.0 Å². The second kappa shape index (κ2) is 8.02. The van der Waals surface area contributed by atoms with Crippen molar-refractivity contribution >= 4 is 35.0 Å². The van der Waals surface area contributed by atoms with Gasteiger partial charge in [-0.15, -0.1) is 0 Å². The van der Waals surface area contributed by atoms with Gasteiger partial charge in [0.15, 0.2) is 0 Å². The molecule has 1 aromatic carbocycles. The first kappa shape index (κ1) is 18.1. The van der Waals surface area contributed by atoms with Gasteiger partial charge in [0, 0.05) is 36.1 Å². The molecular formula is C17H22Cl2N2O2. The normalized spacial score (nSPS) is 17.9. The monoisotopic (exact) mass is 356 g/mol. The minimum atomic E-state index is -0.248. The van der Waals surface area contributed by atoms with Gasteiger partial charge >= 0.3 is 0 Å². The van der Waals surface area contributed by atoms with Crippen LogP contribution in [0.15, 0.2) is 18.2 Å². The number of carbonyl (C=O) groups is 2. The maximum absolute atomic E-state index is 12.2. The number of rotatable bonds is 6. The number of nitrogens with zero attached hydrogens (tertiary/aromatic N) is 1. The minimum Gasteiger partial charge on any atom is -0.355 e. The quantitative estimate of drug-likeness (QED) is 0.850. The molecule has 1 saturated heterocycles. The van der Waals surface area contributed by atoms with E-state index in [2.05, 4.69) is 19.2 Å². The molecule has 2 amide bonds. The first-order valence-electron chi connectivity index (χ1n) is 7.86. The van der Waals surface area contributed by atoms with Crippen LogP contribution in [0.5, 0.6) is 0 Å². The number of hydrogen-bond donors (Lipinski definition) is 1. The number of carbonyl (C=O) groups excluding carboxylic acids is 2. The summed E-state index contributed by atoms with van der Waals surface area (Å²) in [6, 6.07) is 5.34. The Morgan fingerprint density at radius 1 is 1.39 bits per heavy atom. The highest BCUT2D eigenvalue weighted by Gasteiger charge is 2.34. The second-order valence-corrected chi connectivity index (χ2v) is 7.21. The Hall–Kier alpha value is -1.26. The third-order valence-electron chi connectivity index (χ3n) is 3.88. The molecule has 1 atom stereocenters. The maximum atomic E-state index is 12.2. The van der Waals surface area contributed by atoms with Crippen LogP contribution < -0.4 is 5.32 Å². The van der Waals surface area contributed by atoms with Crippen molar-refractivity contribution in [3.8, 4) is 0 Å². The van der Waals surface area contributed by atoms with Crippen LogP contribution in [0.4, 0.5) is 0 Å². The fourth-order valence-electron chi connectivity index (χ4n) is 2.75. The summed E-state index contributed by atoms with van der Waals surface area (Å²) in [5.41, 5.74) is 0.945. The van der Waals surface area contributed by atoms with E-state index in [4.69, 9.17) is 23.2 Å². The molecular weight excluding hydrogens is 335 g/mol. The van der Waals surface area contributed by atoms with Gasteiger partial charge in [-0.1, -0.05) is 43.1 Å². The summed E-state index contributed by atoms with van der Waals surface area (Å²) < 4.78 is 0. The van der Waals surface area contributed by atoms with Crippen molar-refractivity contribution < 1.29 is 9.59 Å². The number of amides is 2. The maximum Gasteiger partial charge on any atom is 0.225 e. The van der Waals surface area contributed by atoms with E-state index in [0.717, 1.165) is 5.56 Å². The van der Waals surface area contributed by atoms with Gasteiger partial charge in [0.05, 0.1) is 5.92 Å². The molecule has 0 bridgehead atoms. The topological polar surface area (TPSA) is 49.4 Å². The van der Waals surface area contributed by atoms with Gasteiger partial charge in [-0.3, -0.25) is 9.59 Å². The highest BCUT2D eigenvalue weighted by molar-refractivity contribution is 6.35. The van der Waals surface area contributed by atoms with E-state index in [9.17, 15) is 9.59 Å². The van der Waals surface area contributed by atoms with Crippen molar-refractivity contribution in [2.75, 3.05) is 19.6 Å². The third kappa shape index (κ3) is 5.11. The Kier molecular flexibility index (Phi) is 6.31. The minimum absolute atomic E-state index is 0.0605. The summed E-state index contributed by atoms with van der Waals surface area (Å²) in [5.74, 6) is 0.170. The number of benzene rings is 1. The van der Waals surface area contributed by atoms with Gasteiger partial charge in [0.1, 0.15) is 0 Å². The third-order valence-corrected chi connectivity index (χ3v) is 4.47. The predicted octanol–water partition coefficient (Wildman–Crippen LogP) is 3.16. The number of likely N-dealkylation sites (tertiary alicyclic amines) is 1. The molecule has 1 heterocycles. The van der Waals surface area contributed by atoms with Crippen LogP contribution in [0.2, 0.25) is 10.0 Å². The Morgan fingerprint density at radius 3 is 2.78 bits per heavy atom. The molecule has 1 fully saturated rings. The van der Waals surface area contributed by atoms with Crippen LogP contribution in [-0.4, -0.2) is 36.3 Å². The highest BCUT2D eigenvalue weighted by Crippen LogP contribution is 2.22. The highest BCUT2D eigenvalue weighted by atomic mass is 35.5. The van der Waals surface area contributed by atoms with Gasteiger partial charge in [0.25, 0.3) is 0 Å². The standard InChI is InChI=1S/C17H22Cl2N2O2/c1-11(2)9-21-10-13(7-16(21)22)17(23)20-6-5-12-3-4-14(18)8-15(12)19/h3-4,8,11,13H,5-7,9-10H2,1-2H3,(H,20,23). The van der Waals surface area contributed by atoms with Gasteiger partial charge in [0.2, 0.25) is 11.8 Å². The van der Waals surface area contributed by atoms with Crippen LogP contribution in [0.25, 0.3) is 0 Å². The smallest absolute Gasteiger partial charge is 0.225 e. The lowest BCUT2D eigenvalue weighted by atomic mass is 10.1. The summed E-state index contributed by atoms with van der Waals surface area (Å²) in [6.07, 6.45) is 0.943. The fraction of sp³-hybridized carbons (Fsp3) is 0.529. The molecule has 0 spiro atoms. The van der Waals surface area contributed by atoms with Gasteiger partial charge in [-0.05, 0) is 30.0 Å². The molecule has 1 aliphatic heterocycles. The first-order chi connectivity index (χ1) is 10.9. The van der Waals surface area contributed by atoms with Crippen molar-refractivity contribution in [1.29, 1.82) is 0 Å². The molecule has 4 nitrogen and oxygen atoms in total. The average molecular weight is 357 g/mol. The zero-order valence-corrected chi connectivity index (χ0v) is 15.0. The molecule has 1 N–H and O–H groups in total. The Labute approximate surface area is 147 Å². The molecule has 0 aromatic heterocycles. The summed E-state index contributed by atoms with van der Waals surface area (Å²) in [7, 11) is 0. The van der Waals surface area contributed by atoms with Crippen LogP contribution in [0, 0.1) is 11.8 Å². The fourth-order valence-corrected chi connectivity index (χ4v) is 3.26. The molecule has 126 valence electrons. The van der Waals surface area contributed by atoms with Crippen molar-refractivity contribution in [2.24, 2.45) is 11.8 Å². The van der Waals surface area contributed by atoms with Crippen molar-refractivity contribution in [1.82, 2.24) is 10.2 Å². The predicted molar refractivity (Wildman–Crippen MR) is 92.7 cm³/mol. The zero-order chi connectivity index (χ0) is 17.0. The summed E-state index contributed by atoms with van der Waals surface area (Å²) >= 11 is 12.0. The van der Waals surface area contributed by atoms with E-state index in [1.807, 2.05) is 6.07 Å². The van der Waals surface area contributed by atoms with Crippen LogP contribution in [-0.2, 0) is 16.0 Å². The van der Waals surface area contributed by atoms with E-state index in [1.165, 1.54) is 0 Å². The SMILES string of the molecule is CC(C)CN1CC(C(=O)NCCc2ccc(Cl)cc2Cl)CC1=O. The zero-order valence-electron chi connectivity index (χ0n) is 13.4. The van der Waals surface area contributed by atoms with E-state index >= 15 is 0 Å². The first-order valence-corrected chi connectivity index (χ1v) is 8.62. The Balaban J connectivity index is 1.80. The molecule has 23 heavy (non-hydrogen) atoms. The molecule has 1 aliphatic rings. The largest absolute Gasteiger partial charge is 0.355 e. The molecule has 6 heteroatoms. The Morgan fingerprint density at radius 2 is 2.13 bits per heavy atom. The molecule has 0 aliphatic carbocycles. The lowest BCUT2D eigenvalue weighted by Gasteiger charge is -2.18. The van der Waals surface area contributed by atoms with Gasteiger partial charge in [-0.2, -0.15) is 0 Å². The van der Waals surface area contributed by atoms with Gasteiger partial charge in [-0.25, -0.2) is 0 Å². The van der Waals surface area contributed by atoms with Crippen LogP contribution >= 0.6 is 23.2 Å². The van der Waals surface area contributed by atoms with E-state index in [0.29, 0.717) is 48.4 Å². The van der Waals surface area contributed by atoms with Crippen LogP contribution in [0.1, 0.15) is 25.8 Å². The number of nitrogens with one attached hydrogen (secondary N) is 1. The van der Waals surface area contributed by atoms with Gasteiger partial charge < -0.3 is 10.2 Å². The lowest BCUT2D eigenvalue weighted by molar-refractivity contribution is -0.129. The van der Waals surface area contributed by atoms with E-state index < -0.39 is 0 Å². The van der Waals surface area contributed by atoms with Crippen molar-refractivity contribution in [2.45, 2.75) is 26.7 Å². The lowest BCUT2D eigenvalue weighted by Crippen LogP contribution is -2.35. The molecule has 1 unspecified atom stereocenters. The number of halogens is 2. The molecule has 1 aromatic rings. The van der Waals surface area contributed by atoms with Crippen molar-refractivity contribution in [3.63, 3.8) is 0 Å². The summed E-state index contributed by atoms with van der Waals surface area (Å²) in [4.78, 5) is 25.9. The van der Waals surface area contributed by atoms with Crippen LogP contribution in [0.3, 0.4) is 0 Å². The molecule has 2 rings (SSSR count). The van der Waals surface area contributed by atoms with E-state index in [-0.39, 0.29) is 17.7 Å². The summed E-state index contributed by atoms with van der Waals surface area (Å²) in [6.45, 7) is 5.86. The van der Waals surface area contributed by atoms with Crippen molar-refractivity contribution in [3.05, 3.63) is 33.8 Å². The molecule has 0 radical (unpaired) electrons. The average Bonchev–Trinajstić information content (AvgIpc) is 2.82. The number of hydrogen-bond acceptors (Lipinski definition) is 2.